The normalized spacial score (nSPS) is 14.7. The molecule has 1 fully saturated rings. The first kappa shape index (κ1) is 20.2. The molecule has 0 spiro atoms. The highest BCUT2D eigenvalue weighted by Crippen LogP contribution is 2.29. The van der Waals surface area contributed by atoms with E-state index in [1.807, 2.05) is 0 Å². The average Bonchev–Trinajstić information content (AvgIpc) is 2.91. The van der Waals surface area contributed by atoms with Crippen LogP contribution in [-0.2, 0) is 30.5 Å². The largest absolute Gasteiger partial charge is 0.534 e. The molecule has 1 unspecified atom stereocenters. The molecule has 10 nitrogen and oxygen atoms in total. The van der Waals surface area contributed by atoms with E-state index >= 15 is 0 Å². The fraction of sp³-hybridized carbons (Fsp3) is 0.375. The van der Waals surface area contributed by atoms with Crippen LogP contribution in [0.1, 0.15) is 43.9 Å². The van der Waals surface area contributed by atoms with Crippen LogP contribution in [0.25, 0.3) is 0 Å². The van der Waals surface area contributed by atoms with Crippen LogP contribution in [0.15, 0.2) is 18.2 Å². The van der Waals surface area contributed by atoms with Gasteiger partial charge in [-0.1, -0.05) is 5.06 Å². The molecule has 0 N–H and O–H groups in total. The Morgan fingerprint density at radius 2 is 1.96 bits per heavy atom. The molecule has 1 atom stereocenters. The Morgan fingerprint density at radius 1 is 1.33 bits per heavy atom. The molecule has 1 aliphatic rings. The number of carbonyl (C=O) groups is 3. The molecule has 0 aliphatic carbocycles. The molecule has 0 bridgehead atoms. The van der Waals surface area contributed by atoms with Gasteiger partial charge in [-0.3, -0.25) is 24.5 Å². The summed E-state index contributed by atoms with van der Waals surface area (Å²) < 4.78 is 10.2. The maximum atomic E-state index is 11.9. The number of nitro benzene ring substituents is 1. The van der Waals surface area contributed by atoms with Crippen molar-refractivity contribution in [2.24, 2.45) is 0 Å². The van der Waals surface area contributed by atoms with Gasteiger partial charge in [0.15, 0.2) is 5.05 Å². The minimum Gasteiger partial charge on any atom is -0.483 e. The van der Waals surface area contributed by atoms with Gasteiger partial charge in [0, 0.05) is 25.8 Å². The summed E-state index contributed by atoms with van der Waals surface area (Å²) >= 11 is 4.81. The zero-order valence-electron chi connectivity index (χ0n) is 14.5. The Labute approximate surface area is 159 Å². The predicted molar refractivity (Wildman–Crippen MR) is 93.2 cm³/mol. The van der Waals surface area contributed by atoms with Crippen molar-refractivity contribution in [2.75, 3.05) is 0 Å². The number of hydrogen-bond acceptors (Lipinski definition) is 9. The van der Waals surface area contributed by atoms with Crippen LogP contribution in [0.5, 0.6) is 0 Å². The summed E-state index contributed by atoms with van der Waals surface area (Å²) in [4.78, 5) is 50.0. The maximum absolute atomic E-state index is 11.9. The summed E-state index contributed by atoms with van der Waals surface area (Å²) in [6, 6.07) is 4.19. The van der Waals surface area contributed by atoms with E-state index in [1.165, 1.54) is 25.1 Å². The van der Waals surface area contributed by atoms with Crippen LogP contribution in [0.3, 0.4) is 0 Å². The molecule has 0 radical (unpaired) electrons. The van der Waals surface area contributed by atoms with E-state index in [-0.39, 0.29) is 30.7 Å². The van der Waals surface area contributed by atoms with Crippen LogP contribution < -0.4 is 0 Å². The molecular formula is C16H16N2O8S. The standard InChI is InChI=1S/C16H16N2O8S/c1-9(25-16(21)26-17-14(19)5-6-15(17)20)12-7-11(8-24-10(2)27)3-4-13(12)18(22)23/h3-4,7,9H,5-6,8H2,1-2H3. The van der Waals surface area contributed by atoms with Crippen molar-refractivity contribution in [3.63, 3.8) is 0 Å². The molecule has 11 heteroatoms. The van der Waals surface area contributed by atoms with Gasteiger partial charge >= 0.3 is 6.16 Å². The first-order valence-electron chi connectivity index (χ1n) is 7.84. The number of hydrogen-bond donors (Lipinski definition) is 0. The zero-order chi connectivity index (χ0) is 20.1. The quantitative estimate of drug-likeness (QED) is 0.234. The highest BCUT2D eigenvalue weighted by atomic mass is 32.1. The van der Waals surface area contributed by atoms with Crippen LogP contribution in [0.4, 0.5) is 10.5 Å². The van der Waals surface area contributed by atoms with E-state index in [0.717, 1.165) is 0 Å². The molecule has 1 saturated heterocycles. The van der Waals surface area contributed by atoms with Crippen LogP contribution in [-0.4, -0.2) is 33.0 Å². The number of benzene rings is 1. The lowest BCUT2D eigenvalue weighted by molar-refractivity contribution is -0.386. The molecule has 2 rings (SSSR count). The third kappa shape index (κ3) is 5.20. The summed E-state index contributed by atoms with van der Waals surface area (Å²) in [6.45, 7) is 3.07. The van der Waals surface area contributed by atoms with Gasteiger partial charge in [0.25, 0.3) is 17.5 Å². The predicted octanol–water partition coefficient (Wildman–Crippen LogP) is 2.74. The monoisotopic (exact) mass is 396 g/mol. The second-order valence-electron chi connectivity index (χ2n) is 5.61. The molecule has 1 aromatic carbocycles. The fourth-order valence-electron chi connectivity index (χ4n) is 2.33. The molecular weight excluding hydrogens is 380 g/mol. The summed E-state index contributed by atoms with van der Waals surface area (Å²) in [5.74, 6) is -1.32. The van der Waals surface area contributed by atoms with Crippen molar-refractivity contribution in [1.82, 2.24) is 5.06 Å². The third-order valence-electron chi connectivity index (χ3n) is 3.61. The topological polar surface area (TPSA) is 125 Å². The molecule has 0 aromatic heterocycles. The van der Waals surface area contributed by atoms with Crippen molar-refractivity contribution in [1.29, 1.82) is 0 Å². The van der Waals surface area contributed by atoms with Crippen molar-refractivity contribution >= 4 is 40.9 Å². The van der Waals surface area contributed by atoms with Gasteiger partial charge in [-0.15, -0.1) is 0 Å². The second-order valence-corrected chi connectivity index (χ2v) is 6.19. The lowest BCUT2D eigenvalue weighted by Gasteiger charge is -2.17. The fourth-order valence-corrected chi connectivity index (χ4v) is 2.39. The average molecular weight is 396 g/mol. The highest BCUT2D eigenvalue weighted by Gasteiger charge is 2.34. The Bertz CT molecular complexity index is 794. The molecule has 0 saturated carbocycles. The SMILES string of the molecule is CC(=S)OCc1ccc([N+](=O)[O-])c(C(C)OC(=O)ON2C(=O)CCC2=O)c1. The van der Waals surface area contributed by atoms with Crippen molar-refractivity contribution in [3.05, 3.63) is 39.4 Å². The lowest BCUT2D eigenvalue weighted by Crippen LogP contribution is -2.32. The second kappa shape index (κ2) is 8.54. The number of carbonyl (C=O) groups excluding carboxylic acids is 3. The van der Waals surface area contributed by atoms with E-state index in [9.17, 15) is 24.5 Å². The molecule has 27 heavy (non-hydrogen) atoms. The lowest BCUT2D eigenvalue weighted by atomic mass is 10.0. The van der Waals surface area contributed by atoms with E-state index in [0.29, 0.717) is 15.7 Å². The number of amides is 2. The number of imide groups is 1. The summed E-state index contributed by atoms with van der Waals surface area (Å²) in [6.07, 6.45) is -2.53. The van der Waals surface area contributed by atoms with Gasteiger partial charge in [0.2, 0.25) is 0 Å². The first-order chi connectivity index (χ1) is 12.7. The van der Waals surface area contributed by atoms with Crippen molar-refractivity contribution < 1.29 is 33.6 Å². The van der Waals surface area contributed by atoms with Crippen LogP contribution in [0.2, 0.25) is 0 Å². The zero-order valence-corrected chi connectivity index (χ0v) is 15.3. The van der Waals surface area contributed by atoms with Crippen molar-refractivity contribution in [3.8, 4) is 0 Å². The molecule has 144 valence electrons. The number of rotatable bonds is 6. The Kier molecular flexibility index (Phi) is 6.40. The number of nitro groups is 1. The molecule has 2 amide bonds. The van der Waals surface area contributed by atoms with Crippen LogP contribution >= 0.6 is 12.2 Å². The van der Waals surface area contributed by atoms with E-state index in [4.69, 9.17) is 21.7 Å². The van der Waals surface area contributed by atoms with E-state index in [2.05, 4.69) is 4.84 Å². The smallest absolute Gasteiger partial charge is 0.483 e. The van der Waals surface area contributed by atoms with Gasteiger partial charge in [-0.25, -0.2) is 4.79 Å². The van der Waals surface area contributed by atoms with Crippen molar-refractivity contribution in [2.45, 2.75) is 39.4 Å². The Balaban J connectivity index is 2.13. The number of nitrogens with zero attached hydrogens (tertiary/aromatic N) is 2. The highest BCUT2D eigenvalue weighted by molar-refractivity contribution is 7.80. The van der Waals surface area contributed by atoms with Crippen LogP contribution in [0, 0.1) is 10.1 Å². The molecule has 1 aromatic rings. The summed E-state index contributed by atoms with van der Waals surface area (Å²) in [7, 11) is 0. The number of thiocarbonyl (C=S) groups is 1. The maximum Gasteiger partial charge on any atom is 0.534 e. The molecule has 1 heterocycles. The van der Waals surface area contributed by atoms with Gasteiger partial charge < -0.3 is 9.47 Å². The summed E-state index contributed by atoms with van der Waals surface area (Å²) in [5, 5.41) is 11.9. The summed E-state index contributed by atoms with van der Waals surface area (Å²) in [5.41, 5.74) is 0.402. The third-order valence-corrected chi connectivity index (χ3v) is 3.73. The van der Waals surface area contributed by atoms with Gasteiger partial charge in [-0.05, 0) is 36.8 Å². The number of ether oxygens (including phenoxy) is 2. The van der Waals surface area contributed by atoms with E-state index in [1.54, 1.807) is 6.92 Å². The van der Waals surface area contributed by atoms with E-state index < -0.39 is 29.0 Å². The minimum atomic E-state index is -1.32. The first-order valence-corrected chi connectivity index (χ1v) is 8.24. The Morgan fingerprint density at radius 3 is 2.52 bits per heavy atom. The van der Waals surface area contributed by atoms with Gasteiger partial charge in [-0.2, -0.15) is 0 Å². The minimum absolute atomic E-state index is 0.0610. The Hall–Kier alpha value is -3.08. The molecule has 1 aliphatic heterocycles. The van der Waals surface area contributed by atoms with Gasteiger partial charge in [0.05, 0.1) is 10.5 Å². The van der Waals surface area contributed by atoms with Gasteiger partial charge in [0.1, 0.15) is 12.7 Å². The number of hydroxylamine groups is 2.